The van der Waals surface area contributed by atoms with E-state index in [-0.39, 0.29) is 6.61 Å². The van der Waals surface area contributed by atoms with Crippen LogP contribution in [0.3, 0.4) is 0 Å². The van der Waals surface area contributed by atoms with Crippen molar-refractivity contribution in [2.24, 2.45) is 0 Å². The van der Waals surface area contributed by atoms with Crippen molar-refractivity contribution in [3.63, 3.8) is 0 Å². The van der Waals surface area contributed by atoms with Crippen LogP contribution in [0.4, 0.5) is 0 Å². The Morgan fingerprint density at radius 2 is 1.50 bits per heavy atom. The molecular formula is C10H22O4. The van der Waals surface area contributed by atoms with Crippen LogP contribution in [0, 0.1) is 0 Å². The Morgan fingerprint density at radius 3 is 1.57 bits per heavy atom. The second kappa shape index (κ2) is 9.15. The first kappa shape index (κ1) is 16.0. The Hall–Kier alpha value is -0.420. The minimum Gasteiger partial charge on any atom is -0.394 e. The van der Waals surface area contributed by atoms with Crippen molar-refractivity contribution in [2.45, 2.75) is 46.0 Å². The van der Waals surface area contributed by atoms with Crippen LogP contribution in [-0.4, -0.2) is 45.3 Å². The standard InChI is InChI=1S/C7H14O2.C3H8O2/c1-5(2)4-7(9)6(3)8;1-3(5)2-4/h4,6-9H,1-3H3;3-5H,2H2,1H3. The van der Waals surface area contributed by atoms with Gasteiger partial charge in [0.25, 0.3) is 0 Å². The average molecular weight is 206 g/mol. The summed E-state index contributed by atoms with van der Waals surface area (Å²) in [5.41, 5.74) is 1.02. The summed E-state index contributed by atoms with van der Waals surface area (Å²) in [5.74, 6) is 0. The first-order valence-corrected chi connectivity index (χ1v) is 4.61. The monoisotopic (exact) mass is 206 g/mol. The summed E-state index contributed by atoms with van der Waals surface area (Å²) in [4.78, 5) is 0. The lowest BCUT2D eigenvalue weighted by Gasteiger charge is -2.08. The molecule has 0 bridgehead atoms. The van der Waals surface area contributed by atoms with E-state index in [0.717, 1.165) is 5.57 Å². The molecular weight excluding hydrogens is 184 g/mol. The molecule has 0 aromatic carbocycles. The summed E-state index contributed by atoms with van der Waals surface area (Å²) in [6.45, 7) is 6.71. The van der Waals surface area contributed by atoms with E-state index in [0.29, 0.717) is 0 Å². The Labute approximate surface area is 85.5 Å². The number of aliphatic hydroxyl groups excluding tert-OH is 4. The first-order chi connectivity index (χ1) is 6.31. The highest BCUT2D eigenvalue weighted by Crippen LogP contribution is 1.98. The van der Waals surface area contributed by atoms with Gasteiger partial charge in [-0.2, -0.15) is 0 Å². The molecule has 3 unspecified atom stereocenters. The van der Waals surface area contributed by atoms with Gasteiger partial charge in [0.2, 0.25) is 0 Å². The van der Waals surface area contributed by atoms with Crippen LogP contribution in [0.15, 0.2) is 11.6 Å². The van der Waals surface area contributed by atoms with Crippen molar-refractivity contribution in [1.82, 2.24) is 0 Å². The molecule has 0 aliphatic rings. The molecule has 0 heterocycles. The molecule has 0 fully saturated rings. The van der Waals surface area contributed by atoms with Crippen LogP contribution < -0.4 is 0 Å². The molecule has 0 saturated heterocycles. The molecule has 86 valence electrons. The lowest BCUT2D eigenvalue weighted by atomic mass is 10.2. The number of aliphatic hydroxyl groups is 4. The maximum absolute atomic E-state index is 8.97. The van der Waals surface area contributed by atoms with Crippen molar-refractivity contribution in [1.29, 1.82) is 0 Å². The summed E-state index contributed by atoms with van der Waals surface area (Å²) in [6, 6.07) is 0. The summed E-state index contributed by atoms with van der Waals surface area (Å²) in [7, 11) is 0. The zero-order valence-corrected chi connectivity index (χ0v) is 9.31. The van der Waals surface area contributed by atoms with E-state index < -0.39 is 18.3 Å². The fourth-order valence-electron chi connectivity index (χ4n) is 0.481. The quantitative estimate of drug-likeness (QED) is 0.492. The van der Waals surface area contributed by atoms with Crippen LogP contribution in [0.1, 0.15) is 27.7 Å². The van der Waals surface area contributed by atoms with Crippen molar-refractivity contribution in [3.05, 3.63) is 11.6 Å². The number of hydrogen-bond donors (Lipinski definition) is 4. The SMILES string of the molecule is CC(C)=CC(O)C(C)O.CC(O)CO. The van der Waals surface area contributed by atoms with E-state index in [9.17, 15) is 0 Å². The molecule has 3 atom stereocenters. The number of allylic oxidation sites excluding steroid dienone is 1. The average Bonchev–Trinajstić information content (AvgIpc) is 2.04. The molecule has 0 aliphatic carbocycles. The third-order valence-corrected chi connectivity index (χ3v) is 1.26. The van der Waals surface area contributed by atoms with Gasteiger partial charge in [0.1, 0.15) is 0 Å². The molecule has 4 heteroatoms. The van der Waals surface area contributed by atoms with Gasteiger partial charge in [-0.05, 0) is 27.7 Å². The molecule has 0 radical (unpaired) electrons. The highest BCUT2D eigenvalue weighted by atomic mass is 16.3. The van der Waals surface area contributed by atoms with Crippen molar-refractivity contribution in [2.75, 3.05) is 6.61 Å². The minimum absolute atomic E-state index is 0.139. The highest BCUT2D eigenvalue weighted by Gasteiger charge is 2.05. The maximum Gasteiger partial charge on any atom is 0.0979 e. The third kappa shape index (κ3) is 14.1. The van der Waals surface area contributed by atoms with E-state index in [1.54, 1.807) is 13.0 Å². The molecule has 0 spiro atoms. The highest BCUT2D eigenvalue weighted by molar-refractivity contribution is 4.99. The fourth-order valence-corrected chi connectivity index (χ4v) is 0.481. The normalized spacial score (nSPS) is 16.0. The zero-order chi connectivity index (χ0) is 11.7. The van der Waals surface area contributed by atoms with Crippen LogP contribution in [-0.2, 0) is 0 Å². The van der Waals surface area contributed by atoms with E-state index >= 15 is 0 Å². The predicted octanol–water partition coefficient (Wildman–Crippen LogP) is 0.0538. The molecule has 0 saturated carbocycles. The van der Waals surface area contributed by atoms with Crippen LogP contribution in [0.5, 0.6) is 0 Å². The lowest BCUT2D eigenvalue weighted by molar-refractivity contribution is 0.0614. The topological polar surface area (TPSA) is 80.9 Å². The Kier molecular flexibility index (Phi) is 10.5. The lowest BCUT2D eigenvalue weighted by Crippen LogP contribution is -2.19. The summed E-state index contributed by atoms with van der Waals surface area (Å²) >= 11 is 0. The molecule has 0 aromatic rings. The summed E-state index contributed by atoms with van der Waals surface area (Å²) < 4.78 is 0. The first-order valence-electron chi connectivity index (χ1n) is 4.61. The minimum atomic E-state index is -0.713. The summed E-state index contributed by atoms with van der Waals surface area (Å²) in [5, 5.41) is 33.8. The molecule has 0 amide bonds. The van der Waals surface area contributed by atoms with Gasteiger partial charge in [0.15, 0.2) is 0 Å². The van der Waals surface area contributed by atoms with Crippen molar-refractivity contribution in [3.8, 4) is 0 Å². The Balaban J connectivity index is 0. The molecule has 0 rings (SSSR count). The second-order valence-electron chi connectivity index (χ2n) is 3.51. The maximum atomic E-state index is 8.97. The zero-order valence-electron chi connectivity index (χ0n) is 9.31. The largest absolute Gasteiger partial charge is 0.394 e. The van der Waals surface area contributed by atoms with E-state index in [2.05, 4.69) is 0 Å². The van der Waals surface area contributed by atoms with E-state index in [4.69, 9.17) is 20.4 Å². The van der Waals surface area contributed by atoms with Crippen molar-refractivity contribution >= 4 is 0 Å². The molecule has 0 aliphatic heterocycles. The van der Waals surface area contributed by atoms with Gasteiger partial charge in [-0.1, -0.05) is 11.6 Å². The smallest absolute Gasteiger partial charge is 0.0979 e. The van der Waals surface area contributed by atoms with Crippen molar-refractivity contribution < 1.29 is 20.4 Å². The third-order valence-electron chi connectivity index (χ3n) is 1.26. The predicted molar refractivity (Wildman–Crippen MR) is 55.9 cm³/mol. The Morgan fingerprint density at radius 1 is 1.14 bits per heavy atom. The van der Waals surface area contributed by atoms with Gasteiger partial charge in [-0.3, -0.25) is 0 Å². The van der Waals surface area contributed by atoms with Gasteiger partial charge >= 0.3 is 0 Å². The van der Waals surface area contributed by atoms with E-state index in [1.807, 2.05) is 13.8 Å². The number of hydrogen-bond acceptors (Lipinski definition) is 4. The van der Waals surface area contributed by atoms with Gasteiger partial charge in [0, 0.05) is 0 Å². The molecule has 4 nitrogen and oxygen atoms in total. The van der Waals surface area contributed by atoms with E-state index in [1.165, 1.54) is 6.92 Å². The van der Waals surface area contributed by atoms with Crippen LogP contribution >= 0.6 is 0 Å². The van der Waals surface area contributed by atoms with Gasteiger partial charge < -0.3 is 20.4 Å². The fraction of sp³-hybridized carbons (Fsp3) is 0.800. The van der Waals surface area contributed by atoms with Gasteiger partial charge in [-0.25, -0.2) is 0 Å². The van der Waals surface area contributed by atoms with Gasteiger partial charge in [0.05, 0.1) is 24.9 Å². The van der Waals surface area contributed by atoms with Crippen LogP contribution in [0.25, 0.3) is 0 Å². The van der Waals surface area contributed by atoms with Crippen LogP contribution in [0.2, 0.25) is 0 Å². The molecule has 0 aromatic heterocycles. The number of rotatable bonds is 3. The molecule has 4 N–H and O–H groups in total. The second-order valence-corrected chi connectivity index (χ2v) is 3.51. The summed E-state index contributed by atoms with van der Waals surface area (Å²) in [6.07, 6.45) is -0.310. The van der Waals surface area contributed by atoms with Gasteiger partial charge in [-0.15, -0.1) is 0 Å². The molecule has 14 heavy (non-hydrogen) atoms. The Bertz CT molecular complexity index is 148.